The summed E-state index contributed by atoms with van der Waals surface area (Å²) in [7, 11) is 0. The molecule has 1 unspecified atom stereocenters. The van der Waals surface area contributed by atoms with E-state index in [2.05, 4.69) is 17.1 Å². The van der Waals surface area contributed by atoms with Crippen LogP contribution < -0.4 is 11.1 Å². The lowest BCUT2D eigenvalue weighted by Gasteiger charge is -2.32. The number of thioether (sulfide) groups is 1. The zero-order valence-corrected chi connectivity index (χ0v) is 12.8. The zero-order chi connectivity index (χ0) is 14.4. The fourth-order valence-electron chi connectivity index (χ4n) is 2.33. The number of carbonyl (C=O) groups excluding carboxylic acids is 1. The average Bonchev–Trinajstić information content (AvgIpc) is 2.43. The van der Waals surface area contributed by atoms with Crippen molar-refractivity contribution in [1.29, 1.82) is 0 Å². The molecule has 0 aromatic heterocycles. The summed E-state index contributed by atoms with van der Waals surface area (Å²) in [6, 6.07) is 7.88. The van der Waals surface area contributed by atoms with Gasteiger partial charge in [0.15, 0.2) is 0 Å². The fraction of sp³-hybridized carbons (Fsp3) is 0.533. The van der Waals surface area contributed by atoms with E-state index in [1.807, 2.05) is 23.9 Å². The van der Waals surface area contributed by atoms with Crippen LogP contribution in [-0.2, 0) is 4.79 Å². The number of amides is 1. The maximum absolute atomic E-state index is 11.9. The van der Waals surface area contributed by atoms with E-state index >= 15 is 0 Å². The van der Waals surface area contributed by atoms with Gasteiger partial charge in [0.1, 0.15) is 0 Å². The normalized spacial score (nSPS) is 19.8. The van der Waals surface area contributed by atoms with Gasteiger partial charge in [0.25, 0.3) is 0 Å². The molecule has 110 valence electrons. The van der Waals surface area contributed by atoms with E-state index in [0.717, 1.165) is 25.2 Å². The number of nitrogens with one attached hydrogen (secondary N) is 1. The largest absolute Gasteiger partial charge is 0.399 e. The molecule has 1 aliphatic rings. The molecule has 0 saturated carbocycles. The Balaban J connectivity index is 1.68. The molecule has 4 nitrogen and oxygen atoms in total. The van der Waals surface area contributed by atoms with Crippen LogP contribution in [0.25, 0.3) is 0 Å². The van der Waals surface area contributed by atoms with Gasteiger partial charge in [0.05, 0.1) is 0 Å². The van der Waals surface area contributed by atoms with E-state index in [1.165, 1.54) is 11.5 Å². The van der Waals surface area contributed by atoms with Crippen LogP contribution in [0.1, 0.15) is 19.8 Å². The summed E-state index contributed by atoms with van der Waals surface area (Å²) >= 11 is 2.02. The molecule has 2 rings (SSSR count). The number of nitrogen functional groups attached to an aromatic ring is 1. The lowest BCUT2D eigenvalue weighted by Crippen LogP contribution is -2.41. The predicted octanol–water partition coefficient (Wildman–Crippen LogP) is 2.42. The van der Waals surface area contributed by atoms with Gasteiger partial charge < -0.3 is 11.1 Å². The maximum atomic E-state index is 11.9. The minimum atomic E-state index is 0.0776. The van der Waals surface area contributed by atoms with E-state index in [-0.39, 0.29) is 5.91 Å². The number of carbonyl (C=O) groups is 1. The van der Waals surface area contributed by atoms with Gasteiger partial charge in [-0.1, -0.05) is 0 Å². The van der Waals surface area contributed by atoms with Gasteiger partial charge in [-0.15, -0.1) is 0 Å². The van der Waals surface area contributed by atoms with Crippen LogP contribution in [0, 0.1) is 0 Å². The quantitative estimate of drug-likeness (QED) is 0.819. The van der Waals surface area contributed by atoms with Crippen LogP contribution in [0.2, 0.25) is 0 Å². The highest BCUT2D eigenvalue weighted by Crippen LogP contribution is 2.16. The summed E-state index contributed by atoms with van der Waals surface area (Å²) in [4.78, 5) is 14.3. The van der Waals surface area contributed by atoms with Crippen LogP contribution in [0.15, 0.2) is 24.3 Å². The third-order valence-corrected chi connectivity index (χ3v) is 4.74. The van der Waals surface area contributed by atoms with Crippen molar-refractivity contribution in [3.05, 3.63) is 24.3 Å². The number of rotatable bonds is 5. The van der Waals surface area contributed by atoms with Crippen molar-refractivity contribution < 1.29 is 4.79 Å². The van der Waals surface area contributed by atoms with Crippen LogP contribution in [0.3, 0.4) is 0 Å². The van der Waals surface area contributed by atoms with E-state index in [4.69, 9.17) is 5.73 Å². The molecule has 1 fully saturated rings. The monoisotopic (exact) mass is 293 g/mol. The molecular formula is C15H23N3OS. The molecule has 3 N–H and O–H groups in total. The zero-order valence-electron chi connectivity index (χ0n) is 12.0. The van der Waals surface area contributed by atoms with Crippen molar-refractivity contribution in [2.75, 3.05) is 35.6 Å². The summed E-state index contributed by atoms with van der Waals surface area (Å²) < 4.78 is 0. The van der Waals surface area contributed by atoms with Crippen molar-refractivity contribution in [2.24, 2.45) is 0 Å². The summed E-state index contributed by atoms with van der Waals surface area (Å²) in [6.45, 7) is 4.42. The molecule has 0 spiro atoms. The van der Waals surface area contributed by atoms with Gasteiger partial charge in [0, 0.05) is 41.9 Å². The lowest BCUT2D eigenvalue weighted by atomic mass is 10.2. The van der Waals surface area contributed by atoms with E-state index in [1.54, 1.807) is 12.1 Å². The van der Waals surface area contributed by atoms with Gasteiger partial charge in [-0.3, -0.25) is 9.69 Å². The van der Waals surface area contributed by atoms with Crippen molar-refractivity contribution in [3.63, 3.8) is 0 Å². The summed E-state index contributed by atoms with van der Waals surface area (Å²) in [5, 5.41) is 2.90. The second kappa shape index (κ2) is 7.55. The number of hydrogen-bond acceptors (Lipinski definition) is 4. The summed E-state index contributed by atoms with van der Waals surface area (Å²) in [6.07, 6.45) is 1.48. The number of nitrogens with two attached hydrogens (primary N) is 1. The lowest BCUT2D eigenvalue weighted by molar-refractivity contribution is -0.116. The van der Waals surface area contributed by atoms with Crippen LogP contribution in [-0.4, -0.2) is 41.4 Å². The SMILES string of the molecule is CC1CSCCN1CCCC(=O)Nc1ccc(N)cc1. The molecule has 1 heterocycles. The standard InChI is InChI=1S/C15H23N3OS/c1-12-11-20-10-9-18(12)8-2-3-15(19)17-14-6-4-13(16)5-7-14/h4-7,12H,2-3,8-11,16H2,1H3,(H,17,19). The molecule has 0 aliphatic carbocycles. The van der Waals surface area contributed by atoms with E-state index in [0.29, 0.717) is 18.2 Å². The Morgan fingerprint density at radius 3 is 2.90 bits per heavy atom. The highest BCUT2D eigenvalue weighted by atomic mass is 32.2. The Labute approximate surface area is 125 Å². The molecule has 20 heavy (non-hydrogen) atoms. The van der Waals surface area contributed by atoms with Crippen molar-refractivity contribution in [2.45, 2.75) is 25.8 Å². The molecule has 1 atom stereocenters. The Kier molecular flexibility index (Phi) is 5.73. The predicted molar refractivity (Wildman–Crippen MR) is 87.1 cm³/mol. The minimum absolute atomic E-state index is 0.0776. The topological polar surface area (TPSA) is 58.4 Å². The molecule has 1 amide bonds. The molecule has 0 radical (unpaired) electrons. The Morgan fingerprint density at radius 2 is 2.20 bits per heavy atom. The van der Waals surface area contributed by atoms with Crippen LogP contribution in [0.4, 0.5) is 11.4 Å². The molecular weight excluding hydrogens is 270 g/mol. The first-order valence-corrected chi connectivity index (χ1v) is 8.28. The number of hydrogen-bond donors (Lipinski definition) is 2. The van der Waals surface area contributed by atoms with Crippen LogP contribution in [0.5, 0.6) is 0 Å². The maximum Gasteiger partial charge on any atom is 0.224 e. The second-order valence-electron chi connectivity index (χ2n) is 5.23. The summed E-state index contributed by atoms with van der Waals surface area (Å²) in [5.74, 6) is 2.49. The molecule has 1 saturated heterocycles. The fourth-order valence-corrected chi connectivity index (χ4v) is 3.41. The smallest absolute Gasteiger partial charge is 0.224 e. The molecule has 1 aromatic carbocycles. The molecule has 5 heteroatoms. The Morgan fingerprint density at radius 1 is 1.45 bits per heavy atom. The Hall–Kier alpha value is -1.20. The summed E-state index contributed by atoms with van der Waals surface area (Å²) in [5.41, 5.74) is 7.13. The van der Waals surface area contributed by atoms with Crippen molar-refractivity contribution >= 4 is 29.0 Å². The number of nitrogens with zero attached hydrogens (tertiary/aromatic N) is 1. The van der Waals surface area contributed by atoms with Crippen molar-refractivity contribution in [1.82, 2.24) is 4.90 Å². The first kappa shape index (κ1) is 15.2. The van der Waals surface area contributed by atoms with Gasteiger partial charge in [0.2, 0.25) is 5.91 Å². The van der Waals surface area contributed by atoms with Crippen LogP contribution >= 0.6 is 11.8 Å². The first-order chi connectivity index (χ1) is 9.65. The van der Waals surface area contributed by atoms with Gasteiger partial charge in [-0.05, 0) is 44.2 Å². The minimum Gasteiger partial charge on any atom is -0.399 e. The molecule has 0 bridgehead atoms. The van der Waals surface area contributed by atoms with Gasteiger partial charge >= 0.3 is 0 Å². The van der Waals surface area contributed by atoms with E-state index in [9.17, 15) is 4.79 Å². The average molecular weight is 293 g/mol. The third-order valence-electron chi connectivity index (χ3n) is 3.55. The highest BCUT2D eigenvalue weighted by molar-refractivity contribution is 7.99. The van der Waals surface area contributed by atoms with E-state index < -0.39 is 0 Å². The molecule has 1 aromatic rings. The first-order valence-electron chi connectivity index (χ1n) is 7.12. The molecule has 1 aliphatic heterocycles. The van der Waals surface area contributed by atoms with Gasteiger partial charge in [-0.2, -0.15) is 11.8 Å². The second-order valence-corrected chi connectivity index (χ2v) is 6.38. The van der Waals surface area contributed by atoms with Gasteiger partial charge in [-0.25, -0.2) is 0 Å². The Bertz CT molecular complexity index is 435. The number of benzene rings is 1. The number of anilines is 2. The van der Waals surface area contributed by atoms with Crippen molar-refractivity contribution in [3.8, 4) is 0 Å². The highest BCUT2D eigenvalue weighted by Gasteiger charge is 2.17. The third kappa shape index (κ3) is 4.72.